The van der Waals surface area contributed by atoms with Crippen molar-refractivity contribution in [1.29, 1.82) is 5.53 Å². The number of hydrogen-bond donors (Lipinski definition) is 5. The molecule has 1 amide bonds. The molecular formula is C21H25N9O3. The molecule has 12 nitrogen and oxygen atoms in total. The molecule has 1 saturated heterocycles. The first-order valence-corrected chi connectivity index (χ1v) is 10.6. The summed E-state index contributed by atoms with van der Waals surface area (Å²) in [7, 11) is 3.52. The van der Waals surface area contributed by atoms with Crippen LogP contribution in [0.15, 0.2) is 29.5 Å². The lowest BCUT2D eigenvalue weighted by Gasteiger charge is -2.24. The molecule has 172 valence electrons. The van der Waals surface area contributed by atoms with Crippen LogP contribution in [0.2, 0.25) is 0 Å². The van der Waals surface area contributed by atoms with Gasteiger partial charge in [0.05, 0.1) is 42.9 Å². The number of aliphatic hydroxyl groups excluding tert-OH is 1. The fraction of sp³-hybridized carbons (Fsp3) is 0.381. The van der Waals surface area contributed by atoms with E-state index in [1.165, 1.54) is 6.20 Å². The van der Waals surface area contributed by atoms with Gasteiger partial charge >= 0.3 is 0 Å². The Kier molecular flexibility index (Phi) is 5.30. The second-order valence-electron chi connectivity index (χ2n) is 8.11. The summed E-state index contributed by atoms with van der Waals surface area (Å²) >= 11 is 0. The molecule has 1 aromatic carbocycles. The molecule has 0 unspecified atom stereocenters. The molecule has 2 atom stereocenters. The Labute approximate surface area is 189 Å². The maximum Gasteiger partial charge on any atom is 0.259 e. The summed E-state index contributed by atoms with van der Waals surface area (Å²) in [6.07, 6.45) is 1.32. The molecular weight excluding hydrogens is 426 g/mol. The van der Waals surface area contributed by atoms with E-state index in [2.05, 4.69) is 31.1 Å². The number of fused-ring (bicyclic) bond motifs is 4. The Morgan fingerprint density at radius 3 is 2.91 bits per heavy atom. The number of anilines is 4. The van der Waals surface area contributed by atoms with Gasteiger partial charge in [0.15, 0.2) is 5.65 Å². The summed E-state index contributed by atoms with van der Waals surface area (Å²) < 4.78 is 7.52. The van der Waals surface area contributed by atoms with Crippen LogP contribution in [-0.2, 0) is 11.3 Å². The van der Waals surface area contributed by atoms with Crippen molar-refractivity contribution in [1.82, 2.24) is 19.5 Å². The fourth-order valence-corrected chi connectivity index (χ4v) is 4.44. The number of carbonyl (C=O) groups excluding carboxylic acids is 1. The van der Waals surface area contributed by atoms with E-state index in [1.807, 2.05) is 12.1 Å². The number of aromatic nitrogens is 3. The maximum absolute atomic E-state index is 13.4. The zero-order valence-electron chi connectivity index (χ0n) is 18.3. The van der Waals surface area contributed by atoms with Crippen LogP contribution in [0.3, 0.4) is 0 Å². The maximum atomic E-state index is 13.4. The van der Waals surface area contributed by atoms with E-state index in [4.69, 9.17) is 10.3 Å². The number of carbonyl (C=O) groups is 1. The van der Waals surface area contributed by atoms with Crippen LogP contribution in [-0.4, -0.2) is 69.9 Å². The molecule has 5 N–H and O–H groups in total. The molecule has 2 aromatic heterocycles. The quantitative estimate of drug-likeness (QED) is 0.381. The number of nitrogens with zero attached hydrogens (tertiary/aromatic N) is 5. The summed E-state index contributed by atoms with van der Waals surface area (Å²) in [5, 5.41) is 27.7. The average molecular weight is 451 g/mol. The van der Waals surface area contributed by atoms with Gasteiger partial charge in [0.25, 0.3) is 5.91 Å². The van der Waals surface area contributed by atoms with E-state index in [0.29, 0.717) is 52.9 Å². The SMILES string of the molecule is CNc1cc2cc(c1N=N)Nc1cc(NC)n3ncc(c3n1)C(=O)N1C[C@@H](O)C[C@H]1COC2. The highest BCUT2D eigenvalue weighted by Gasteiger charge is 2.36. The molecule has 0 aliphatic carbocycles. The minimum atomic E-state index is -0.612. The van der Waals surface area contributed by atoms with Gasteiger partial charge in [-0.05, 0) is 24.1 Å². The van der Waals surface area contributed by atoms with E-state index in [1.54, 1.807) is 29.6 Å². The number of benzene rings is 1. The van der Waals surface area contributed by atoms with Crippen LogP contribution < -0.4 is 16.0 Å². The number of nitrogens with one attached hydrogen (secondary N) is 4. The van der Waals surface area contributed by atoms with Gasteiger partial charge in [0.2, 0.25) is 0 Å². The van der Waals surface area contributed by atoms with Gasteiger partial charge in [0.1, 0.15) is 22.9 Å². The molecule has 0 spiro atoms. The van der Waals surface area contributed by atoms with E-state index >= 15 is 0 Å². The monoisotopic (exact) mass is 451 g/mol. The molecule has 12 heteroatoms. The van der Waals surface area contributed by atoms with Crippen molar-refractivity contribution in [3.05, 3.63) is 35.5 Å². The highest BCUT2D eigenvalue weighted by molar-refractivity contribution is 6.00. The third kappa shape index (κ3) is 3.62. The molecule has 33 heavy (non-hydrogen) atoms. The van der Waals surface area contributed by atoms with Gasteiger partial charge in [-0.25, -0.2) is 10.5 Å². The predicted octanol–water partition coefficient (Wildman–Crippen LogP) is 2.32. The van der Waals surface area contributed by atoms with Crippen molar-refractivity contribution < 1.29 is 14.6 Å². The van der Waals surface area contributed by atoms with Gasteiger partial charge in [-0.3, -0.25) is 4.79 Å². The largest absolute Gasteiger partial charge is 0.391 e. The Hall–Kier alpha value is -3.77. The summed E-state index contributed by atoms with van der Waals surface area (Å²) in [4.78, 5) is 19.8. The molecule has 1 fully saturated rings. The van der Waals surface area contributed by atoms with Gasteiger partial charge in [-0.1, -0.05) is 0 Å². The van der Waals surface area contributed by atoms with E-state index < -0.39 is 6.10 Å². The molecule has 0 radical (unpaired) electrons. The smallest absolute Gasteiger partial charge is 0.259 e. The normalized spacial score (nSPS) is 20.3. The highest BCUT2D eigenvalue weighted by atomic mass is 16.5. The Morgan fingerprint density at radius 1 is 1.30 bits per heavy atom. The zero-order chi connectivity index (χ0) is 23.1. The van der Waals surface area contributed by atoms with Crippen LogP contribution >= 0.6 is 0 Å². The Balaban J connectivity index is 1.70. The second kappa shape index (κ2) is 8.30. The third-order valence-electron chi connectivity index (χ3n) is 6.00. The lowest BCUT2D eigenvalue weighted by molar-refractivity contribution is 0.0497. The minimum absolute atomic E-state index is 0.231. The number of aliphatic hydroxyl groups is 1. The van der Waals surface area contributed by atoms with Crippen LogP contribution in [0.5, 0.6) is 0 Å². The van der Waals surface area contributed by atoms with Crippen molar-refractivity contribution in [3.63, 3.8) is 0 Å². The number of amides is 1. The van der Waals surface area contributed by atoms with Crippen molar-refractivity contribution in [3.8, 4) is 0 Å². The van der Waals surface area contributed by atoms with Gasteiger partial charge in [-0.15, -0.1) is 0 Å². The first-order chi connectivity index (χ1) is 16.0. The second-order valence-corrected chi connectivity index (χ2v) is 8.11. The summed E-state index contributed by atoms with van der Waals surface area (Å²) in [6, 6.07) is 5.25. The molecule has 3 aromatic rings. The van der Waals surface area contributed by atoms with Crippen LogP contribution in [0.25, 0.3) is 5.65 Å². The summed E-state index contributed by atoms with van der Waals surface area (Å²) in [6.45, 7) is 0.809. The van der Waals surface area contributed by atoms with Crippen LogP contribution in [0.1, 0.15) is 22.3 Å². The predicted molar refractivity (Wildman–Crippen MR) is 122 cm³/mol. The topological polar surface area (TPSA) is 152 Å². The molecule has 4 heterocycles. The van der Waals surface area contributed by atoms with E-state index in [0.717, 1.165) is 5.56 Å². The lowest BCUT2D eigenvalue weighted by atomic mass is 10.1. The molecule has 0 saturated carbocycles. The van der Waals surface area contributed by atoms with E-state index in [-0.39, 0.29) is 25.1 Å². The lowest BCUT2D eigenvalue weighted by Crippen LogP contribution is -2.38. The van der Waals surface area contributed by atoms with Crippen molar-refractivity contribution in [2.75, 3.05) is 43.2 Å². The van der Waals surface area contributed by atoms with Crippen LogP contribution in [0.4, 0.5) is 28.7 Å². The summed E-state index contributed by atoms with van der Waals surface area (Å²) in [5.41, 5.74) is 10.9. The standard InChI is InChI=1S/C21H25N9O3/c1-23-15-3-11-4-16(19(15)28-22)26-17-6-18(24-2)30-20(27-17)14(7-25-30)21(32)29-8-13(31)5-12(29)10-33-9-11/h3-4,6-7,12-13,22-24,31H,5,8-10H2,1-2H3,(H,26,27)/t12-,13-/m0/s1. The summed E-state index contributed by atoms with van der Waals surface area (Å²) in [5.74, 6) is 0.836. The molecule has 4 bridgehead atoms. The number of rotatable bonds is 3. The third-order valence-corrected chi connectivity index (χ3v) is 6.00. The first-order valence-electron chi connectivity index (χ1n) is 10.6. The minimum Gasteiger partial charge on any atom is -0.391 e. The first kappa shape index (κ1) is 21.1. The zero-order valence-corrected chi connectivity index (χ0v) is 18.3. The fourth-order valence-electron chi connectivity index (χ4n) is 4.44. The van der Waals surface area contributed by atoms with Crippen molar-refractivity contribution >= 4 is 40.3 Å². The van der Waals surface area contributed by atoms with Crippen LogP contribution in [0, 0.1) is 5.53 Å². The molecule has 2 aliphatic rings. The Bertz CT molecular complexity index is 1240. The highest BCUT2D eigenvalue weighted by Crippen LogP contribution is 2.37. The Morgan fingerprint density at radius 2 is 2.15 bits per heavy atom. The molecule has 2 aliphatic heterocycles. The number of hydrogen-bond acceptors (Lipinski definition) is 10. The van der Waals surface area contributed by atoms with Gasteiger partial charge in [0, 0.05) is 26.7 Å². The average Bonchev–Trinajstić information content (AvgIpc) is 3.40. The van der Waals surface area contributed by atoms with Gasteiger partial charge < -0.3 is 30.7 Å². The molecule has 5 rings (SSSR count). The van der Waals surface area contributed by atoms with Crippen molar-refractivity contribution in [2.24, 2.45) is 5.11 Å². The van der Waals surface area contributed by atoms with Crippen molar-refractivity contribution in [2.45, 2.75) is 25.2 Å². The van der Waals surface area contributed by atoms with Gasteiger partial charge in [-0.2, -0.15) is 14.7 Å². The van der Waals surface area contributed by atoms with E-state index in [9.17, 15) is 9.90 Å². The number of ether oxygens (including phenoxy) is 1.